The molecule has 21 heavy (non-hydrogen) atoms. The van der Waals surface area contributed by atoms with Gasteiger partial charge in [0.25, 0.3) is 5.01 Å². The molecule has 0 fully saturated rings. The lowest BCUT2D eigenvalue weighted by atomic mass is 10.2. The standard InChI is InChI=1S/C17H17N2OS/c1-12(20)18(2)14-10-8-13(9-11-14)17-19(3)15-6-4-5-7-16(15)21-17/h4-11H,1-3H3/q+1. The maximum atomic E-state index is 11.4. The summed E-state index contributed by atoms with van der Waals surface area (Å²) in [5.74, 6) is 0.0372. The van der Waals surface area contributed by atoms with Gasteiger partial charge < -0.3 is 4.90 Å². The zero-order valence-electron chi connectivity index (χ0n) is 12.3. The molecule has 1 heterocycles. The summed E-state index contributed by atoms with van der Waals surface area (Å²) in [6.07, 6.45) is 0. The minimum Gasteiger partial charge on any atom is -0.316 e. The highest BCUT2D eigenvalue weighted by Crippen LogP contribution is 2.29. The van der Waals surface area contributed by atoms with Gasteiger partial charge in [-0.25, -0.2) is 0 Å². The first kappa shape index (κ1) is 13.8. The summed E-state index contributed by atoms with van der Waals surface area (Å²) in [4.78, 5) is 13.0. The summed E-state index contributed by atoms with van der Waals surface area (Å²) in [7, 11) is 3.88. The first-order valence-electron chi connectivity index (χ1n) is 6.80. The van der Waals surface area contributed by atoms with E-state index in [0.29, 0.717) is 0 Å². The van der Waals surface area contributed by atoms with Crippen molar-refractivity contribution in [2.45, 2.75) is 6.92 Å². The SMILES string of the molecule is CC(=O)N(C)c1ccc(-c2sc3ccccc3[n+]2C)cc1. The molecule has 4 heteroatoms. The van der Waals surface area contributed by atoms with E-state index in [0.717, 1.165) is 5.69 Å². The van der Waals surface area contributed by atoms with Gasteiger partial charge in [0, 0.05) is 25.7 Å². The monoisotopic (exact) mass is 297 g/mol. The van der Waals surface area contributed by atoms with E-state index in [4.69, 9.17) is 0 Å². The molecule has 2 aromatic carbocycles. The average Bonchev–Trinajstić information content (AvgIpc) is 2.84. The van der Waals surface area contributed by atoms with Crippen LogP contribution in [0.1, 0.15) is 6.92 Å². The number of anilines is 1. The van der Waals surface area contributed by atoms with Crippen LogP contribution in [0, 0.1) is 0 Å². The number of nitrogens with zero attached hydrogens (tertiary/aromatic N) is 2. The first-order chi connectivity index (χ1) is 10.1. The number of aryl methyl sites for hydroxylation is 1. The smallest absolute Gasteiger partial charge is 0.269 e. The van der Waals surface area contributed by atoms with Gasteiger partial charge >= 0.3 is 0 Å². The number of fused-ring (bicyclic) bond motifs is 1. The predicted molar refractivity (Wildman–Crippen MR) is 87.5 cm³/mol. The number of amides is 1. The van der Waals surface area contributed by atoms with Gasteiger partial charge in [-0.2, -0.15) is 4.57 Å². The van der Waals surface area contributed by atoms with Gasteiger partial charge in [-0.15, -0.1) is 0 Å². The number of para-hydroxylation sites is 1. The number of benzene rings is 2. The van der Waals surface area contributed by atoms with Crippen LogP contribution in [0.25, 0.3) is 20.8 Å². The highest BCUT2D eigenvalue weighted by molar-refractivity contribution is 7.21. The second-order valence-corrected chi connectivity index (χ2v) is 6.09. The van der Waals surface area contributed by atoms with Crippen molar-refractivity contribution in [3.05, 3.63) is 48.5 Å². The lowest BCUT2D eigenvalue weighted by molar-refractivity contribution is -0.629. The van der Waals surface area contributed by atoms with E-state index in [2.05, 4.69) is 48.0 Å². The molecule has 0 bridgehead atoms. The maximum absolute atomic E-state index is 11.4. The Bertz CT molecular complexity index is 805. The third kappa shape index (κ3) is 2.43. The molecule has 3 rings (SSSR count). The molecule has 3 nitrogen and oxygen atoms in total. The third-order valence-electron chi connectivity index (χ3n) is 3.71. The van der Waals surface area contributed by atoms with Crippen molar-refractivity contribution < 1.29 is 9.36 Å². The Morgan fingerprint density at radius 3 is 2.38 bits per heavy atom. The lowest BCUT2D eigenvalue weighted by Gasteiger charge is -2.14. The Morgan fingerprint density at radius 1 is 1.10 bits per heavy atom. The molecule has 0 spiro atoms. The van der Waals surface area contributed by atoms with Crippen LogP contribution in [0.2, 0.25) is 0 Å². The zero-order chi connectivity index (χ0) is 15.0. The van der Waals surface area contributed by atoms with Crippen molar-refractivity contribution in [2.75, 3.05) is 11.9 Å². The van der Waals surface area contributed by atoms with Gasteiger partial charge in [-0.05, 0) is 30.3 Å². The number of carbonyl (C=O) groups excluding carboxylic acids is 1. The van der Waals surface area contributed by atoms with Crippen LogP contribution in [-0.2, 0) is 11.8 Å². The van der Waals surface area contributed by atoms with Gasteiger partial charge in [-0.3, -0.25) is 4.79 Å². The van der Waals surface area contributed by atoms with E-state index >= 15 is 0 Å². The summed E-state index contributed by atoms with van der Waals surface area (Å²) >= 11 is 1.78. The second-order valence-electron chi connectivity index (χ2n) is 5.06. The Hall–Kier alpha value is -2.20. The van der Waals surface area contributed by atoms with Gasteiger partial charge in [0.2, 0.25) is 11.4 Å². The normalized spacial score (nSPS) is 10.8. The first-order valence-corrected chi connectivity index (χ1v) is 7.62. The van der Waals surface area contributed by atoms with E-state index in [1.165, 1.54) is 20.8 Å². The summed E-state index contributed by atoms with van der Waals surface area (Å²) in [5, 5.41) is 1.22. The van der Waals surface area contributed by atoms with Crippen LogP contribution >= 0.6 is 11.3 Å². The quantitative estimate of drug-likeness (QED) is 0.665. The Kier molecular flexibility index (Phi) is 3.47. The van der Waals surface area contributed by atoms with E-state index in [1.54, 1.807) is 30.2 Å². The molecule has 0 aliphatic carbocycles. The summed E-state index contributed by atoms with van der Waals surface area (Å²) < 4.78 is 3.49. The third-order valence-corrected chi connectivity index (χ3v) is 4.98. The zero-order valence-corrected chi connectivity index (χ0v) is 13.1. The molecule has 0 unspecified atom stereocenters. The van der Waals surface area contributed by atoms with Crippen molar-refractivity contribution >= 4 is 33.1 Å². The molecule has 0 atom stereocenters. The molecule has 0 aliphatic rings. The van der Waals surface area contributed by atoms with Gasteiger partial charge in [0.1, 0.15) is 11.7 Å². The Labute approximate surface area is 128 Å². The Balaban J connectivity index is 2.03. The number of rotatable bonds is 2. The van der Waals surface area contributed by atoms with Crippen LogP contribution in [0.15, 0.2) is 48.5 Å². The van der Waals surface area contributed by atoms with Crippen LogP contribution in [0.4, 0.5) is 5.69 Å². The topological polar surface area (TPSA) is 24.2 Å². The second kappa shape index (κ2) is 5.30. The lowest BCUT2D eigenvalue weighted by Crippen LogP contribution is -2.28. The van der Waals surface area contributed by atoms with E-state index in [1.807, 2.05) is 12.1 Å². The predicted octanol–water partition coefficient (Wildman–Crippen LogP) is 3.38. The van der Waals surface area contributed by atoms with E-state index < -0.39 is 0 Å². The minimum atomic E-state index is 0.0372. The molecule has 0 N–H and O–H groups in total. The molecular weight excluding hydrogens is 280 g/mol. The van der Waals surface area contributed by atoms with Crippen molar-refractivity contribution in [2.24, 2.45) is 7.05 Å². The maximum Gasteiger partial charge on any atom is 0.269 e. The van der Waals surface area contributed by atoms with Crippen LogP contribution in [0.5, 0.6) is 0 Å². The van der Waals surface area contributed by atoms with Crippen LogP contribution in [-0.4, -0.2) is 13.0 Å². The number of hydrogen-bond donors (Lipinski definition) is 0. The highest BCUT2D eigenvalue weighted by atomic mass is 32.1. The highest BCUT2D eigenvalue weighted by Gasteiger charge is 2.18. The molecule has 0 saturated heterocycles. The van der Waals surface area contributed by atoms with Crippen molar-refractivity contribution in [1.82, 2.24) is 0 Å². The van der Waals surface area contributed by atoms with Gasteiger partial charge in [0.05, 0.1) is 5.56 Å². The minimum absolute atomic E-state index is 0.0372. The number of aromatic nitrogens is 1. The largest absolute Gasteiger partial charge is 0.316 e. The summed E-state index contributed by atoms with van der Waals surface area (Å²) in [6, 6.07) is 16.5. The van der Waals surface area contributed by atoms with E-state index in [-0.39, 0.29) is 5.91 Å². The molecule has 1 amide bonds. The summed E-state index contributed by atoms with van der Waals surface area (Å²) in [5.41, 5.74) is 3.32. The van der Waals surface area contributed by atoms with E-state index in [9.17, 15) is 4.79 Å². The van der Waals surface area contributed by atoms with Crippen molar-refractivity contribution in [3.8, 4) is 10.6 Å². The van der Waals surface area contributed by atoms with Gasteiger partial charge in [0.15, 0.2) is 0 Å². The molecule has 0 radical (unpaired) electrons. The fourth-order valence-electron chi connectivity index (χ4n) is 2.36. The fraction of sp³-hybridized carbons (Fsp3) is 0.176. The van der Waals surface area contributed by atoms with Crippen molar-refractivity contribution in [1.29, 1.82) is 0 Å². The number of carbonyl (C=O) groups is 1. The Morgan fingerprint density at radius 2 is 1.76 bits per heavy atom. The molecule has 0 aliphatic heterocycles. The summed E-state index contributed by atoms with van der Waals surface area (Å²) in [6.45, 7) is 1.57. The molecule has 106 valence electrons. The average molecular weight is 297 g/mol. The molecule has 1 aromatic heterocycles. The van der Waals surface area contributed by atoms with Gasteiger partial charge in [-0.1, -0.05) is 23.5 Å². The number of hydrogen-bond acceptors (Lipinski definition) is 2. The van der Waals surface area contributed by atoms with Crippen LogP contribution < -0.4 is 9.47 Å². The number of thiazole rings is 1. The molecular formula is C17H17N2OS+. The fourth-order valence-corrected chi connectivity index (χ4v) is 3.52. The van der Waals surface area contributed by atoms with Crippen molar-refractivity contribution in [3.63, 3.8) is 0 Å². The molecule has 0 saturated carbocycles. The molecule has 3 aromatic rings. The van der Waals surface area contributed by atoms with Crippen LogP contribution in [0.3, 0.4) is 0 Å².